The summed E-state index contributed by atoms with van der Waals surface area (Å²) in [5, 5.41) is 8.43. The van der Waals surface area contributed by atoms with Crippen molar-refractivity contribution in [3.05, 3.63) is 108 Å². The third kappa shape index (κ3) is 2.55. The maximum atomic E-state index is 6.38. The molecule has 0 fully saturated rings. The van der Waals surface area contributed by atoms with E-state index >= 15 is 0 Å². The molecule has 0 radical (unpaired) electrons. The lowest BCUT2D eigenvalue weighted by molar-refractivity contribution is 0.660. The highest BCUT2D eigenvalue weighted by molar-refractivity contribution is 6.22. The molecule has 0 unspecified atom stereocenters. The standard InChI is InChI=1S/C31H23NO/c1-31(2)25-13-7-5-11-22(25)24-18-20(15-16-26(24)31)32-27-17-19-9-3-4-10-21(19)29-23-12-6-8-14-28(23)33-30(27)29/h3-18,32H,1-2H3. The van der Waals surface area contributed by atoms with E-state index in [1.54, 1.807) is 0 Å². The Kier molecular flexibility index (Phi) is 3.64. The van der Waals surface area contributed by atoms with Crippen LogP contribution in [0.3, 0.4) is 0 Å². The van der Waals surface area contributed by atoms with Crippen LogP contribution < -0.4 is 5.32 Å². The van der Waals surface area contributed by atoms with Gasteiger partial charge in [-0.3, -0.25) is 0 Å². The van der Waals surface area contributed by atoms with Crippen molar-refractivity contribution in [1.82, 2.24) is 0 Å². The van der Waals surface area contributed by atoms with Crippen molar-refractivity contribution in [3.8, 4) is 11.1 Å². The van der Waals surface area contributed by atoms with E-state index in [2.05, 4.69) is 104 Å². The molecular weight excluding hydrogens is 402 g/mol. The Morgan fingerprint density at radius 1 is 0.667 bits per heavy atom. The largest absolute Gasteiger partial charge is 0.454 e. The lowest BCUT2D eigenvalue weighted by Gasteiger charge is -2.21. The molecule has 5 aromatic carbocycles. The fraction of sp³-hybridized carbons (Fsp3) is 0.0968. The van der Waals surface area contributed by atoms with Crippen molar-refractivity contribution < 1.29 is 4.42 Å². The first kappa shape index (κ1) is 18.5. The van der Waals surface area contributed by atoms with Gasteiger partial charge in [-0.25, -0.2) is 0 Å². The van der Waals surface area contributed by atoms with Gasteiger partial charge in [0.15, 0.2) is 5.58 Å². The highest BCUT2D eigenvalue weighted by Crippen LogP contribution is 2.49. The van der Waals surface area contributed by atoms with E-state index < -0.39 is 0 Å². The Balaban J connectivity index is 1.44. The Morgan fingerprint density at radius 3 is 2.30 bits per heavy atom. The molecule has 1 aliphatic carbocycles. The van der Waals surface area contributed by atoms with Gasteiger partial charge in [-0.2, -0.15) is 0 Å². The number of anilines is 2. The molecule has 0 amide bonds. The van der Waals surface area contributed by atoms with Crippen LogP contribution in [0.2, 0.25) is 0 Å². The normalized spacial score (nSPS) is 14.0. The van der Waals surface area contributed by atoms with E-state index in [4.69, 9.17) is 4.42 Å². The van der Waals surface area contributed by atoms with Crippen LogP contribution in [0.5, 0.6) is 0 Å². The quantitative estimate of drug-likeness (QED) is 0.300. The van der Waals surface area contributed by atoms with Crippen LogP contribution in [0.4, 0.5) is 11.4 Å². The molecule has 0 saturated heterocycles. The monoisotopic (exact) mass is 425 g/mol. The molecular formula is C31H23NO. The lowest BCUT2D eigenvalue weighted by Crippen LogP contribution is -2.14. The smallest absolute Gasteiger partial charge is 0.159 e. The summed E-state index contributed by atoms with van der Waals surface area (Å²) in [6.07, 6.45) is 0. The van der Waals surface area contributed by atoms with Crippen molar-refractivity contribution in [2.45, 2.75) is 19.3 Å². The van der Waals surface area contributed by atoms with Crippen molar-refractivity contribution in [1.29, 1.82) is 0 Å². The van der Waals surface area contributed by atoms with Gasteiger partial charge in [-0.1, -0.05) is 86.6 Å². The van der Waals surface area contributed by atoms with Gasteiger partial charge in [-0.15, -0.1) is 0 Å². The van der Waals surface area contributed by atoms with Gasteiger partial charge in [0.2, 0.25) is 0 Å². The SMILES string of the molecule is CC1(C)c2ccccc2-c2cc(Nc3cc4ccccc4c4c3oc3ccccc34)ccc21. The molecule has 0 saturated carbocycles. The van der Waals surface area contributed by atoms with Crippen molar-refractivity contribution in [3.63, 3.8) is 0 Å². The molecule has 1 aliphatic rings. The minimum absolute atomic E-state index is 0.0133. The van der Waals surface area contributed by atoms with Gasteiger partial charge < -0.3 is 9.73 Å². The topological polar surface area (TPSA) is 25.2 Å². The second kappa shape index (κ2) is 6.49. The van der Waals surface area contributed by atoms with Gasteiger partial charge in [0.05, 0.1) is 5.69 Å². The predicted octanol–water partition coefficient (Wildman–Crippen LogP) is 8.79. The first-order valence-electron chi connectivity index (χ1n) is 11.5. The predicted molar refractivity (Wildman–Crippen MR) is 139 cm³/mol. The number of hydrogen-bond donors (Lipinski definition) is 1. The molecule has 0 spiro atoms. The second-order valence-electron chi connectivity index (χ2n) is 9.50. The summed E-state index contributed by atoms with van der Waals surface area (Å²) in [5.41, 5.74) is 9.29. The van der Waals surface area contributed by atoms with E-state index in [0.717, 1.165) is 27.9 Å². The van der Waals surface area contributed by atoms with Crippen LogP contribution in [0, 0.1) is 0 Å². The molecule has 7 rings (SSSR count). The Morgan fingerprint density at radius 2 is 1.39 bits per heavy atom. The molecule has 2 heteroatoms. The van der Waals surface area contributed by atoms with Crippen molar-refractivity contribution in [2.75, 3.05) is 5.32 Å². The van der Waals surface area contributed by atoms with Crippen LogP contribution in [-0.4, -0.2) is 0 Å². The van der Waals surface area contributed by atoms with Crippen LogP contribution in [0.15, 0.2) is 101 Å². The summed E-state index contributed by atoms with van der Waals surface area (Å²) in [4.78, 5) is 0. The summed E-state index contributed by atoms with van der Waals surface area (Å²) in [6.45, 7) is 4.62. The summed E-state index contributed by atoms with van der Waals surface area (Å²) in [7, 11) is 0. The van der Waals surface area contributed by atoms with Crippen LogP contribution in [-0.2, 0) is 5.41 Å². The Labute approximate surface area is 192 Å². The van der Waals surface area contributed by atoms with E-state index in [1.165, 1.54) is 38.4 Å². The van der Waals surface area contributed by atoms with Crippen molar-refractivity contribution in [2.24, 2.45) is 0 Å². The first-order chi connectivity index (χ1) is 16.1. The Hall–Kier alpha value is -4.04. The third-order valence-corrected chi connectivity index (χ3v) is 7.23. The van der Waals surface area contributed by atoms with E-state index in [9.17, 15) is 0 Å². The van der Waals surface area contributed by atoms with Crippen LogP contribution in [0.1, 0.15) is 25.0 Å². The van der Waals surface area contributed by atoms with E-state index in [-0.39, 0.29) is 5.41 Å². The minimum Gasteiger partial charge on any atom is -0.454 e. The Bertz CT molecular complexity index is 1720. The number of nitrogens with one attached hydrogen (secondary N) is 1. The maximum absolute atomic E-state index is 6.38. The zero-order chi connectivity index (χ0) is 22.2. The molecule has 0 aliphatic heterocycles. The molecule has 33 heavy (non-hydrogen) atoms. The zero-order valence-electron chi connectivity index (χ0n) is 18.6. The molecule has 0 bridgehead atoms. The van der Waals surface area contributed by atoms with Gasteiger partial charge in [0.25, 0.3) is 0 Å². The number of fused-ring (bicyclic) bond motifs is 8. The maximum Gasteiger partial charge on any atom is 0.159 e. The lowest BCUT2D eigenvalue weighted by atomic mass is 9.82. The number of furan rings is 1. The number of benzene rings is 5. The van der Waals surface area contributed by atoms with Crippen molar-refractivity contribution >= 4 is 44.1 Å². The first-order valence-corrected chi connectivity index (χ1v) is 11.5. The molecule has 1 N–H and O–H groups in total. The molecule has 1 aromatic heterocycles. The van der Waals surface area contributed by atoms with E-state index in [0.29, 0.717) is 0 Å². The minimum atomic E-state index is 0.0133. The average molecular weight is 426 g/mol. The van der Waals surface area contributed by atoms with Gasteiger partial charge in [0, 0.05) is 21.9 Å². The summed E-state index contributed by atoms with van der Waals surface area (Å²) >= 11 is 0. The fourth-order valence-corrected chi connectivity index (χ4v) is 5.62. The van der Waals surface area contributed by atoms with Gasteiger partial charge in [-0.05, 0) is 57.3 Å². The molecule has 0 atom stereocenters. The highest BCUT2D eigenvalue weighted by atomic mass is 16.3. The number of rotatable bonds is 2. The third-order valence-electron chi connectivity index (χ3n) is 7.23. The zero-order valence-corrected chi connectivity index (χ0v) is 18.6. The molecule has 158 valence electrons. The van der Waals surface area contributed by atoms with Gasteiger partial charge >= 0.3 is 0 Å². The van der Waals surface area contributed by atoms with Gasteiger partial charge in [0.1, 0.15) is 5.58 Å². The van der Waals surface area contributed by atoms with Crippen LogP contribution >= 0.6 is 0 Å². The van der Waals surface area contributed by atoms with Crippen LogP contribution in [0.25, 0.3) is 43.8 Å². The summed E-state index contributed by atoms with van der Waals surface area (Å²) < 4.78 is 6.38. The summed E-state index contributed by atoms with van der Waals surface area (Å²) in [5.74, 6) is 0. The number of hydrogen-bond acceptors (Lipinski definition) is 2. The molecule has 6 aromatic rings. The highest BCUT2D eigenvalue weighted by Gasteiger charge is 2.35. The average Bonchev–Trinajstić information content (AvgIpc) is 3.34. The number of para-hydroxylation sites is 1. The second-order valence-corrected chi connectivity index (χ2v) is 9.50. The molecule has 1 heterocycles. The summed E-state index contributed by atoms with van der Waals surface area (Å²) in [6, 6.07) is 34.5. The molecule has 2 nitrogen and oxygen atoms in total. The van der Waals surface area contributed by atoms with E-state index in [1.807, 2.05) is 12.1 Å². The fourth-order valence-electron chi connectivity index (χ4n) is 5.62.